The molecule has 2 aromatic rings. The van der Waals surface area contributed by atoms with Crippen LogP contribution >= 0.6 is 11.8 Å². The van der Waals surface area contributed by atoms with Crippen LogP contribution in [-0.2, 0) is 4.79 Å². The molecular formula is C20H21N3O3S. The summed E-state index contributed by atoms with van der Waals surface area (Å²) in [6.07, 6.45) is 1.60. The average Bonchev–Trinajstić information content (AvgIpc) is 2.96. The number of carbonyl (C=O) groups excluding carboxylic acids is 1. The van der Waals surface area contributed by atoms with E-state index in [4.69, 9.17) is 9.47 Å². The number of nitrogens with zero attached hydrogens (tertiary/aromatic N) is 3. The van der Waals surface area contributed by atoms with Gasteiger partial charge in [-0.25, -0.2) is 0 Å². The number of ether oxygens (including phenoxy) is 2. The van der Waals surface area contributed by atoms with Crippen LogP contribution in [0.5, 0.6) is 11.5 Å². The van der Waals surface area contributed by atoms with Gasteiger partial charge in [-0.2, -0.15) is 5.10 Å². The highest BCUT2D eigenvalue weighted by Crippen LogP contribution is 2.32. The summed E-state index contributed by atoms with van der Waals surface area (Å²) in [6.45, 7) is 3.88. The molecule has 0 saturated carbocycles. The third-order valence-electron chi connectivity index (χ3n) is 4.11. The molecule has 0 bridgehead atoms. The van der Waals surface area contributed by atoms with E-state index in [-0.39, 0.29) is 11.2 Å². The maximum absolute atomic E-state index is 12.5. The molecule has 1 amide bonds. The molecule has 140 valence electrons. The fraction of sp³-hybridized carbons (Fsp3) is 0.250. The van der Waals surface area contributed by atoms with E-state index in [0.29, 0.717) is 16.7 Å². The topological polar surface area (TPSA) is 63.5 Å². The lowest BCUT2D eigenvalue weighted by Crippen LogP contribution is -2.31. The third kappa shape index (κ3) is 4.14. The Balaban J connectivity index is 1.87. The summed E-state index contributed by atoms with van der Waals surface area (Å²) in [5.74, 6) is 1.34. The zero-order valence-electron chi connectivity index (χ0n) is 15.7. The Bertz CT molecular complexity index is 894. The molecular weight excluding hydrogens is 362 g/mol. The fourth-order valence-electron chi connectivity index (χ4n) is 2.60. The molecule has 6 nitrogen and oxygen atoms in total. The van der Waals surface area contributed by atoms with Crippen LogP contribution in [0.2, 0.25) is 0 Å². The van der Waals surface area contributed by atoms with Crippen molar-refractivity contribution >= 4 is 34.7 Å². The zero-order chi connectivity index (χ0) is 19.4. The largest absolute Gasteiger partial charge is 0.497 e. The van der Waals surface area contributed by atoms with E-state index in [0.717, 1.165) is 16.8 Å². The molecule has 1 atom stereocenters. The van der Waals surface area contributed by atoms with Gasteiger partial charge in [-0.05, 0) is 38.1 Å². The molecule has 1 fully saturated rings. The van der Waals surface area contributed by atoms with Crippen molar-refractivity contribution in [1.82, 2.24) is 0 Å². The lowest BCUT2D eigenvalue weighted by molar-refractivity contribution is -0.116. The van der Waals surface area contributed by atoms with Crippen molar-refractivity contribution in [2.24, 2.45) is 10.2 Å². The smallest absolute Gasteiger partial charge is 0.246 e. The van der Waals surface area contributed by atoms with E-state index >= 15 is 0 Å². The van der Waals surface area contributed by atoms with Crippen molar-refractivity contribution in [3.8, 4) is 11.5 Å². The van der Waals surface area contributed by atoms with E-state index in [9.17, 15) is 4.79 Å². The number of amides is 1. The van der Waals surface area contributed by atoms with Gasteiger partial charge in [0.25, 0.3) is 0 Å². The molecule has 0 radical (unpaired) electrons. The number of benzene rings is 2. The highest BCUT2D eigenvalue weighted by molar-refractivity contribution is 8.16. The highest BCUT2D eigenvalue weighted by Gasteiger charge is 2.36. The lowest BCUT2D eigenvalue weighted by Gasteiger charge is -2.15. The highest BCUT2D eigenvalue weighted by atomic mass is 32.2. The van der Waals surface area contributed by atoms with Crippen LogP contribution in [0.1, 0.15) is 18.1 Å². The van der Waals surface area contributed by atoms with Crippen molar-refractivity contribution in [2.45, 2.75) is 19.1 Å². The number of rotatable bonds is 5. The van der Waals surface area contributed by atoms with Gasteiger partial charge < -0.3 is 9.47 Å². The average molecular weight is 383 g/mol. The first-order chi connectivity index (χ1) is 13.0. The van der Waals surface area contributed by atoms with Crippen LogP contribution in [0, 0.1) is 6.92 Å². The van der Waals surface area contributed by atoms with E-state index < -0.39 is 0 Å². The van der Waals surface area contributed by atoms with Crippen LogP contribution in [0.15, 0.2) is 52.7 Å². The molecule has 1 aliphatic rings. The summed E-state index contributed by atoms with van der Waals surface area (Å²) in [6, 6.07) is 13.2. The molecule has 0 N–H and O–H groups in total. The fourth-order valence-corrected chi connectivity index (χ4v) is 3.52. The summed E-state index contributed by atoms with van der Waals surface area (Å²) in [5, 5.41) is 8.82. The molecule has 27 heavy (non-hydrogen) atoms. The van der Waals surface area contributed by atoms with Crippen LogP contribution in [0.25, 0.3) is 0 Å². The van der Waals surface area contributed by atoms with Crippen LogP contribution in [0.3, 0.4) is 0 Å². The van der Waals surface area contributed by atoms with Crippen molar-refractivity contribution in [2.75, 3.05) is 19.1 Å². The maximum atomic E-state index is 12.5. The van der Waals surface area contributed by atoms with Gasteiger partial charge in [-0.15, -0.1) is 5.10 Å². The Hall–Kier alpha value is -2.80. The number of hydrogen-bond acceptors (Lipinski definition) is 6. The summed E-state index contributed by atoms with van der Waals surface area (Å²) in [5.41, 5.74) is 2.69. The van der Waals surface area contributed by atoms with Crippen LogP contribution in [0.4, 0.5) is 5.69 Å². The number of thioether (sulfide) groups is 1. The first kappa shape index (κ1) is 19.0. The van der Waals surface area contributed by atoms with Gasteiger partial charge in [-0.1, -0.05) is 29.5 Å². The molecule has 1 saturated heterocycles. The van der Waals surface area contributed by atoms with Crippen LogP contribution in [-0.4, -0.2) is 36.8 Å². The minimum Gasteiger partial charge on any atom is -0.497 e. The summed E-state index contributed by atoms with van der Waals surface area (Å²) in [7, 11) is 3.19. The molecule has 7 heteroatoms. The number of carbonyl (C=O) groups is 1. The monoisotopic (exact) mass is 383 g/mol. The van der Waals surface area contributed by atoms with Gasteiger partial charge in [-0.3, -0.25) is 9.69 Å². The first-order valence-corrected chi connectivity index (χ1v) is 9.32. The summed E-state index contributed by atoms with van der Waals surface area (Å²) in [4.78, 5) is 14.2. The normalized spacial score (nSPS) is 18.5. The van der Waals surface area contributed by atoms with E-state index in [1.807, 2.05) is 50.2 Å². The van der Waals surface area contributed by atoms with Gasteiger partial charge in [0, 0.05) is 11.6 Å². The van der Waals surface area contributed by atoms with Crippen molar-refractivity contribution in [1.29, 1.82) is 0 Å². The van der Waals surface area contributed by atoms with Gasteiger partial charge in [0.2, 0.25) is 5.91 Å². The second kappa shape index (κ2) is 8.26. The number of amidine groups is 1. The van der Waals surface area contributed by atoms with Crippen molar-refractivity contribution in [3.63, 3.8) is 0 Å². The second-order valence-corrected chi connectivity index (χ2v) is 7.31. The predicted octanol–water partition coefficient (Wildman–Crippen LogP) is 3.87. The molecule has 0 spiro atoms. The Morgan fingerprint density at radius 1 is 1.11 bits per heavy atom. The standard InChI is InChI=1S/C20H21N3O3S/c1-13-5-8-16(9-6-13)23-19(24)14(2)27-20(23)22-21-12-15-7-10-17(25-3)11-18(15)26-4/h5-12,14H,1-4H3/b21-12-,22-20-/t14-/m1/s1. The van der Waals surface area contributed by atoms with Crippen molar-refractivity contribution < 1.29 is 14.3 Å². The SMILES string of the molecule is COc1ccc(/C=N\N=C2/S[C@H](C)C(=O)N2c2ccc(C)cc2)c(OC)c1. The van der Waals surface area contributed by atoms with Gasteiger partial charge >= 0.3 is 0 Å². The minimum atomic E-state index is -0.198. The van der Waals surface area contributed by atoms with E-state index in [1.165, 1.54) is 11.8 Å². The molecule has 3 rings (SSSR count). The molecule has 0 aliphatic carbocycles. The maximum Gasteiger partial charge on any atom is 0.246 e. The van der Waals surface area contributed by atoms with Gasteiger partial charge in [0.15, 0.2) is 5.17 Å². The second-order valence-electron chi connectivity index (χ2n) is 6.00. The first-order valence-electron chi connectivity index (χ1n) is 8.44. The van der Waals surface area contributed by atoms with Gasteiger partial charge in [0.05, 0.1) is 31.4 Å². The number of methoxy groups -OCH3 is 2. The Morgan fingerprint density at radius 2 is 1.85 bits per heavy atom. The zero-order valence-corrected chi connectivity index (χ0v) is 16.5. The predicted molar refractivity (Wildman–Crippen MR) is 110 cm³/mol. The minimum absolute atomic E-state index is 0.000156. The Morgan fingerprint density at radius 3 is 2.52 bits per heavy atom. The molecule has 0 aromatic heterocycles. The molecule has 0 unspecified atom stereocenters. The summed E-state index contributed by atoms with van der Waals surface area (Å²) >= 11 is 1.39. The van der Waals surface area contributed by atoms with Crippen molar-refractivity contribution in [3.05, 3.63) is 53.6 Å². The van der Waals surface area contributed by atoms with Crippen LogP contribution < -0.4 is 14.4 Å². The molecule has 2 aromatic carbocycles. The van der Waals surface area contributed by atoms with Gasteiger partial charge in [0.1, 0.15) is 11.5 Å². The molecule has 1 aliphatic heterocycles. The number of hydrogen-bond donors (Lipinski definition) is 0. The lowest BCUT2D eigenvalue weighted by atomic mass is 10.2. The Kier molecular flexibility index (Phi) is 5.81. The summed E-state index contributed by atoms with van der Waals surface area (Å²) < 4.78 is 10.5. The molecule has 1 heterocycles. The quantitative estimate of drug-likeness (QED) is 0.581. The number of aryl methyl sites for hydroxylation is 1. The van der Waals surface area contributed by atoms with E-state index in [2.05, 4.69) is 10.2 Å². The van der Waals surface area contributed by atoms with E-state index in [1.54, 1.807) is 31.4 Å². The number of anilines is 1. The third-order valence-corrected chi connectivity index (χ3v) is 5.14. The Labute approximate surface area is 162 Å².